The Hall–Kier alpha value is -2.30. The molecule has 2 aliphatic rings. The Bertz CT molecular complexity index is 752. The molecule has 0 amide bonds. The number of rotatable bonds is 5. The number of fused-ring (bicyclic) bond motifs is 2. The smallest absolute Gasteiger partial charge is 0.313 e. The van der Waals surface area contributed by atoms with Gasteiger partial charge in [0.15, 0.2) is 0 Å². The number of hydrogen-bond donors (Lipinski definition) is 0. The number of ketones is 1. The van der Waals surface area contributed by atoms with E-state index in [1.807, 2.05) is 19.1 Å². The molecular formula is C21H26O5. The van der Waals surface area contributed by atoms with Gasteiger partial charge in [0, 0.05) is 29.9 Å². The van der Waals surface area contributed by atoms with Crippen molar-refractivity contribution >= 4 is 17.3 Å². The average Bonchev–Trinajstić information content (AvgIpc) is 2.97. The lowest BCUT2D eigenvalue weighted by Gasteiger charge is -2.33. The SMILES string of the molecule is CCOC(=O)C(C)C1=CC2(CCC(=O)CC2)c2cc(OC)cc(OC)c21. The zero-order valence-corrected chi connectivity index (χ0v) is 15.9. The molecule has 1 aromatic rings. The molecule has 0 aliphatic heterocycles. The fourth-order valence-electron chi connectivity index (χ4n) is 4.13. The van der Waals surface area contributed by atoms with Crippen LogP contribution in [-0.2, 0) is 19.7 Å². The lowest BCUT2D eigenvalue weighted by molar-refractivity contribution is -0.145. The minimum atomic E-state index is -0.395. The molecule has 0 aromatic heterocycles. The van der Waals surface area contributed by atoms with Crippen molar-refractivity contribution in [3.05, 3.63) is 29.3 Å². The predicted molar refractivity (Wildman–Crippen MR) is 98.5 cm³/mol. The van der Waals surface area contributed by atoms with E-state index in [9.17, 15) is 9.59 Å². The summed E-state index contributed by atoms with van der Waals surface area (Å²) in [7, 11) is 3.25. The number of methoxy groups -OCH3 is 2. The molecule has 26 heavy (non-hydrogen) atoms. The maximum Gasteiger partial charge on any atom is 0.313 e. The van der Waals surface area contributed by atoms with Gasteiger partial charge in [0.2, 0.25) is 0 Å². The number of ether oxygens (including phenoxy) is 3. The van der Waals surface area contributed by atoms with Crippen molar-refractivity contribution in [1.29, 1.82) is 0 Å². The van der Waals surface area contributed by atoms with E-state index in [0.717, 1.165) is 35.3 Å². The van der Waals surface area contributed by atoms with Crippen molar-refractivity contribution in [1.82, 2.24) is 0 Å². The van der Waals surface area contributed by atoms with Crippen molar-refractivity contribution in [2.45, 2.75) is 44.9 Å². The zero-order chi connectivity index (χ0) is 18.9. The molecule has 1 aromatic carbocycles. The van der Waals surface area contributed by atoms with Gasteiger partial charge in [0.25, 0.3) is 0 Å². The van der Waals surface area contributed by atoms with Crippen LogP contribution in [0.4, 0.5) is 0 Å². The lowest BCUT2D eigenvalue weighted by Crippen LogP contribution is -2.28. The van der Waals surface area contributed by atoms with E-state index < -0.39 is 5.92 Å². The van der Waals surface area contributed by atoms with E-state index in [4.69, 9.17) is 14.2 Å². The quantitative estimate of drug-likeness (QED) is 0.752. The Labute approximate surface area is 154 Å². The van der Waals surface area contributed by atoms with E-state index in [2.05, 4.69) is 6.08 Å². The van der Waals surface area contributed by atoms with Gasteiger partial charge in [0.1, 0.15) is 17.3 Å². The maximum absolute atomic E-state index is 12.4. The van der Waals surface area contributed by atoms with E-state index in [1.54, 1.807) is 21.1 Å². The number of Topliss-reactive ketones (excluding diaryl/α,β-unsaturated/α-hetero) is 1. The van der Waals surface area contributed by atoms with Crippen LogP contribution in [0.5, 0.6) is 11.5 Å². The molecule has 5 heteroatoms. The van der Waals surface area contributed by atoms with Crippen molar-refractivity contribution in [2.75, 3.05) is 20.8 Å². The monoisotopic (exact) mass is 358 g/mol. The molecule has 1 spiro atoms. The van der Waals surface area contributed by atoms with E-state index >= 15 is 0 Å². The molecule has 0 N–H and O–H groups in total. The highest BCUT2D eigenvalue weighted by molar-refractivity contribution is 5.94. The molecule has 3 rings (SSSR count). The fraction of sp³-hybridized carbons (Fsp3) is 0.524. The Morgan fingerprint density at radius 2 is 1.88 bits per heavy atom. The third-order valence-electron chi connectivity index (χ3n) is 5.59. The van der Waals surface area contributed by atoms with Crippen LogP contribution in [0, 0.1) is 5.92 Å². The van der Waals surface area contributed by atoms with Crippen LogP contribution >= 0.6 is 0 Å². The highest BCUT2D eigenvalue weighted by Gasteiger charge is 2.44. The molecule has 1 unspecified atom stereocenters. The minimum absolute atomic E-state index is 0.244. The van der Waals surface area contributed by atoms with Gasteiger partial charge in [-0.2, -0.15) is 0 Å². The van der Waals surface area contributed by atoms with Crippen molar-refractivity contribution in [3.63, 3.8) is 0 Å². The lowest BCUT2D eigenvalue weighted by atomic mass is 9.70. The van der Waals surface area contributed by atoms with Crippen LogP contribution < -0.4 is 9.47 Å². The second kappa shape index (κ2) is 7.14. The molecule has 0 bridgehead atoms. The second-order valence-electron chi connectivity index (χ2n) is 7.02. The summed E-state index contributed by atoms with van der Waals surface area (Å²) in [4.78, 5) is 24.2. The van der Waals surface area contributed by atoms with E-state index in [1.165, 1.54) is 0 Å². The summed E-state index contributed by atoms with van der Waals surface area (Å²) in [6.07, 6.45) is 4.77. The number of carbonyl (C=O) groups is 2. The minimum Gasteiger partial charge on any atom is -0.497 e. The van der Waals surface area contributed by atoms with Crippen molar-refractivity contribution in [3.8, 4) is 11.5 Å². The van der Waals surface area contributed by atoms with Gasteiger partial charge in [-0.3, -0.25) is 9.59 Å². The first-order chi connectivity index (χ1) is 12.5. The van der Waals surface area contributed by atoms with E-state index in [0.29, 0.717) is 31.0 Å². The number of allylic oxidation sites excluding steroid dienone is 1. The van der Waals surface area contributed by atoms with Crippen LogP contribution in [0.15, 0.2) is 18.2 Å². The summed E-state index contributed by atoms with van der Waals surface area (Å²) in [5.74, 6) is 1.07. The molecule has 1 fully saturated rings. The standard InChI is InChI=1S/C21H26O5/c1-5-26-20(23)13(2)16-12-21(8-6-14(22)7-9-21)17-10-15(24-3)11-18(25-4)19(16)17/h10-13H,5-9H2,1-4H3. The van der Waals surface area contributed by atoms with Gasteiger partial charge in [0.05, 0.1) is 26.7 Å². The van der Waals surface area contributed by atoms with Crippen LogP contribution in [0.25, 0.3) is 5.57 Å². The van der Waals surface area contributed by atoms with Gasteiger partial charge in [-0.15, -0.1) is 0 Å². The Morgan fingerprint density at radius 3 is 2.46 bits per heavy atom. The fourth-order valence-corrected chi connectivity index (χ4v) is 4.13. The number of carbonyl (C=O) groups excluding carboxylic acids is 2. The second-order valence-corrected chi connectivity index (χ2v) is 7.02. The average molecular weight is 358 g/mol. The Morgan fingerprint density at radius 1 is 1.19 bits per heavy atom. The summed E-state index contributed by atoms with van der Waals surface area (Å²) in [6, 6.07) is 3.87. The molecular weight excluding hydrogens is 332 g/mol. The number of hydrogen-bond acceptors (Lipinski definition) is 5. The third-order valence-corrected chi connectivity index (χ3v) is 5.59. The van der Waals surface area contributed by atoms with Gasteiger partial charge < -0.3 is 14.2 Å². The first kappa shape index (κ1) is 18.5. The first-order valence-corrected chi connectivity index (χ1v) is 9.13. The van der Waals surface area contributed by atoms with Crippen LogP contribution in [-0.4, -0.2) is 32.6 Å². The molecule has 5 nitrogen and oxygen atoms in total. The summed E-state index contributed by atoms with van der Waals surface area (Å²) < 4.78 is 16.3. The molecule has 0 heterocycles. The van der Waals surface area contributed by atoms with Gasteiger partial charge in [-0.25, -0.2) is 0 Å². The summed E-state index contributed by atoms with van der Waals surface area (Å²) in [6.45, 7) is 4.02. The largest absolute Gasteiger partial charge is 0.497 e. The normalized spacial score (nSPS) is 18.9. The molecule has 1 atom stereocenters. The van der Waals surface area contributed by atoms with Crippen LogP contribution in [0.1, 0.15) is 50.7 Å². The molecule has 0 radical (unpaired) electrons. The van der Waals surface area contributed by atoms with Crippen molar-refractivity contribution < 1.29 is 23.8 Å². The third kappa shape index (κ3) is 3.00. The van der Waals surface area contributed by atoms with Crippen molar-refractivity contribution in [2.24, 2.45) is 5.92 Å². The number of esters is 1. The molecule has 2 aliphatic carbocycles. The zero-order valence-electron chi connectivity index (χ0n) is 15.9. The highest BCUT2D eigenvalue weighted by Crippen LogP contribution is 2.54. The predicted octanol–water partition coefficient (Wildman–Crippen LogP) is 3.68. The Kier molecular flexibility index (Phi) is 5.08. The van der Waals surface area contributed by atoms with Crippen LogP contribution in [0.2, 0.25) is 0 Å². The summed E-state index contributed by atoms with van der Waals surface area (Å²) in [5, 5.41) is 0. The van der Waals surface area contributed by atoms with Crippen LogP contribution in [0.3, 0.4) is 0 Å². The van der Waals surface area contributed by atoms with E-state index in [-0.39, 0.29) is 11.4 Å². The molecule has 1 saturated carbocycles. The molecule has 0 saturated heterocycles. The summed E-state index contributed by atoms with van der Waals surface area (Å²) in [5.41, 5.74) is 2.71. The molecule has 140 valence electrons. The maximum atomic E-state index is 12.4. The topological polar surface area (TPSA) is 61.8 Å². The van der Waals surface area contributed by atoms with Gasteiger partial charge >= 0.3 is 5.97 Å². The van der Waals surface area contributed by atoms with Gasteiger partial charge in [-0.05, 0) is 43.9 Å². The number of benzene rings is 1. The summed E-state index contributed by atoms with van der Waals surface area (Å²) >= 11 is 0. The van der Waals surface area contributed by atoms with Gasteiger partial charge in [-0.1, -0.05) is 6.08 Å². The first-order valence-electron chi connectivity index (χ1n) is 9.13. The highest BCUT2D eigenvalue weighted by atomic mass is 16.5. The Balaban J connectivity index is 2.15.